The Labute approximate surface area is 147 Å². The molecule has 1 atom stereocenters. The Morgan fingerprint density at radius 2 is 1.80 bits per heavy atom. The van der Waals surface area contributed by atoms with E-state index in [4.69, 9.17) is 0 Å². The molecule has 0 aromatic heterocycles. The van der Waals surface area contributed by atoms with Crippen molar-refractivity contribution < 1.29 is 9.59 Å². The normalized spacial score (nSPS) is 22.5. The van der Waals surface area contributed by atoms with E-state index in [0.717, 1.165) is 29.5 Å². The van der Waals surface area contributed by atoms with Crippen molar-refractivity contribution in [2.75, 3.05) is 6.54 Å². The lowest BCUT2D eigenvalue weighted by atomic mass is 9.76. The molecule has 1 unspecified atom stereocenters. The minimum atomic E-state index is -0.882. The molecule has 1 aliphatic carbocycles. The van der Waals surface area contributed by atoms with Gasteiger partial charge < -0.3 is 5.32 Å². The summed E-state index contributed by atoms with van der Waals surface area (Å²) in [6, 6.07) is 17.5. The van der Waals surface area contributed by atoms with E-state index in [-0.39, 0.29) is 18.5 Å². The largest absolute Gasteiger partial charge is 0.325 e. The number of hydrogen-bond donors (Lipinski definition) is 1. The lowest BCUT2D eigenvalue weighted by Gasteiger charge is -2.33. The molecule has 0 bridgehead atoms. The van der Waals surface area contributed by atoms with Gasteiger partial charge in [-0.05, 0) is 36.0 Å². The summed E-state index contributed by atoms with van der Waals surface area (Å²) < 4.78 is 0. The Bertz CT molecular complexity index is 844. The van der Waals surface area contributed by atoms with Gasteiger partial charge in [0, 0.05) is 6.54 Å². The van der Waals surface area contributed by atoms with Gasteiger partial charge >= 0.3 is 6.03 Å². The Kier molecular flexibility index (Phi) is 3.88. The van der Waals surface area contributed by atoms with Gasteiger partial charge in [0.2, 0.25) is 0 Å². The molecule has 4 rings (SSSR count). The fraction of sp³-hybridized carbons (Fsp3) is 0.238. The minimum absolute atomic E-state index is 0.137. The second kappa shape index (κ2) is 6.20. The molecule has 126 valence electrons. The van der Waals surface area contributed by atoms with Crippen molar-refractivity contribution in [2.45, 2.75) is 24.8 Å². The maximum Gasteiger partial charge on any atom is 0.325 e. The highest BCUT2D eigenvalue weighted by molar-refractivity contribution is 6.08. The average molecular weight is 332 g/mol. The average Bonchev–Trinajstić information content (AvgIpc) is 2.88. The topological polar surface area (TPSA) is 49.4 Å². The van der Waals surface area contributed by atoms with Gasteiger partial charge in [-0.1, -0.05) is 66.7 Å². The zero-order valence-electron chi connectivity index (χ0n) is 13.9. The molecule has 3 amide bonds. The summed E-state index contributed by atoms with van der Waals surface area (Å²) in [6.45, 7) is 0.281. The molecule has 1 aliphatic heterocycles. The minimum Gasteiger partial charge on any atom is -0.319 e. The molecule has 1 N–H and O–H groups in total. The van der Waals surface area contributed by atoms with E-state index in [1.165, 1.54) is 4.90 Å². The molecule has 2 aliphatic rings. The molecule has 1 heterocycles. The summed E-state index contributed by atoms with van der Waals surface area (Å²) >= 11 is 0. The molecule has 4 heteroatoms. The van der Waals surface area contributed by atoms with Crippen molar-refractivity contribution >= 4 is 18.0 Å². The monoisotopic (exact) mass is 332 g/mol. The Morgan fingerprint density at radius 1 is 1.04 bits per heavy atom. The predicted octanol–water partition coefficient (Wildman–Crippen LogP) is 3.48. The zero-order valence-corrected chi connectivity index (χ0v) is 13.9. The molecular weight excluding hydrogens is 312 g/mol. The van der Waals surface area contributed by atoms with E-state index in [2.05, 4.69) is 5.32 Å². The second-order valence-corrected chi connectivity index (χ2v) is 6.57. The van der Waals surface area contributed by atoms with Crippen LogP contribution in [0.5, 0.6) is 0 Å². The SMILES string of the molecule is O=C1NC2(CCCc3ccccc32)C(=O)N1CC=Cc1ccccc1. The third kappa shape index (κ3) is 2.64. The third-order valence-corrected chi connectivity index (χ3v) is 5.05. The molecule has 1 spiro atoms. The molecule has 0 radical (unpaired) electrons. The summed E-state index contributed by atoms with van der Waals surface area (Å²) in [7, 11) is 0. The fourth-order valence-electron chi connectivity index (χ4n) is 3.84. The lowest BCUT2D eigenvalue weighted by molar-refractivity contribution is -0.131. The highest BCUT2D eigenvalue weighted by Crippen LogP contribution is 2.39. The van der Waals surface area contributed by atoms with Crippen LogP contribution in [0.3, 0.4) is 0 Å². The van der Waals surface area contributed by atoms with Gasteiger partial charge in [-0.2, -0.15) is 0 Å². The van der Waals surface area contributed by atoms with Crippen LogP contribution in [0.2, 0.25) is 0 Å². The zero-order chi connectivity index (χ0) is 17.3. The van der Waals surface area contributed by atoms with Crippen LogP contribution in [-0.4, -0.2) is 23.4 Å². The summed E-state index contributed by atoms with van der Waals surface area (Å²) in [5, 5.41) is 2.98. The van der Waals surface area contributed by atoms with E-state index in [9.17, 15) is 9.59 Å². The Hall–Kier alpha value is -2.88. The van der Waals surface area contributed by atoms with Crippen LogP contribution in [0.25, 0.3) is 6.08 Å². The molecule has 25 heavy (non-hydrogen) atoms. The number of benzene rings is 2. The van der Waals surface area contributed by atoms with Gasteiger partial charge in [0.25, 0.3) is 5.91 Å². The summed E-state index contributed by atoms with van der Waals surface area (Å²) in [6.07, 6.45) is 6.31. The van der Waals surface area contributed by atoms with Crippen molar-refractivity contribution in [3.8, 4) is 0 Å². The fourth-order valence-corrected chi connectivity index (χ4v) is 3.84. The quantitative estimate of drug-likeness (QED) is 0.875. The highest BCUT2D eigenvalue weighted by Gasteiger charge is 2.53. The number of aryl methyl sites for hydroxylation is 1. The van der Waals surface area contributed by atoms with Gasteiger partial charge in [0.15, 0.2) is 0 Å². The number of carbonyl (C=O) groups excluding carboxylic acids is 2. The first-order valence-electron chi connectivity index (χ1n) is 8.65. The Morgan fingerprint density at radius 3 is 2.64 bits per heavy atom. The highest BCUT2D eigenvalue weighted by atomic mass is 16.2. The first-order valence-corrected chi connectivity index (χ1v) is 8.65. The van der Waals surface area contributed by atoms with Crippen molar-refractivity contribution in [2.24, 2.45) is 0 Å². The molecule has 4 nitrogen and oxygen atoms in total. The van der Waals surface area contributed by atoms with E-state index >= 15 is 0 Å². The van der Waals surface area contributed by atoms with Crippen LogP contribution in [0.4, 0.5) is 4.79 Å². The number of carbonyl (C=O) groups is 2. The van der Waals surface area contributed by atoms with Crippen LogP contribution in [0, 0.1) is 0 Å². The summed E-state index contributed by atoms with van der Waals surface area (Å²) in [5.74, 6) is -0.137. The van der Waals surface area contributed by atoms with E-state index in [1.54, 1.807) is 0 Å². The van der Waals surface area contributed by atoms with Crippen molar-refractivity contribution in [3.63, 3.8) is 0 Å². The van der Waals surface area contributed by atoms with Crippen LogP contribution < -0.4 is 5.32 Å². The number of fused-ring (bicyclic) bond motifs is 2. The van der Waals surface area contributed by atoms with Crippen LogP contribution >= 0.6 is 0 Å². The molecule has 2 aromatic carbocycles. The number of imide groups is 1. The molecule has 1 saturated heterocycles. The lowest BCUT2D eigenvalue weighted by Crippen LogP contribution is -2.46. The third-order valence-electron chi connectivity index (χ3n) is 5.05. The van der Waals surface area contributed by atoms with E-state index in [0.29, 0.717) is 6.42 Å². The number of amides is 3. The van der Waals surface area contributed by atoms with Crippen LogP contribution in [-0.2, 0) is 16.8 Å². The number of hydrogen-bond acceptors (Lipinski definition) is 2. The van der Waals surface area contributed by atoms with E-state index in [1.807, 2.05) is 66.7 Å². The smallest absolute Gasteiger partial charge is 0.319 e. The molecule has 2 aromatic rings. The predicted molar refractivity (Wildman–Crippen MR) is 96.8 cm³/mol. The van der Waals surface area contributed by atoms with Crippen LogP contribution in [0.1, 0.15) is 29.5 Å². The van der Waals surface area contributed by atoms with Gasteiger partial charge in [-0.25, -0.2) is 4.79 Å². The first kappa shape index (κ1) is 15.6. The maximum atomic E-state index is 13.1. The Balaban J connectivity index is 1.58. The number of nitrogens with one attached hydrogen (secondary N) is 1. The molecular formula is C21H20N2O2. The molecule has 1 fully saturated rings. The number of urea groups is 1. The van der Waals surface area contributed by atoms with E-state index < -0.39 is 5.54 Å². The van der Waals surface area contributed by atoms with Gasteiger partial charge in [0.1, 0.15) is 5.54 Å². The van der Waals surface area contributed by atoms with Crippen molar-refractivity contribution in [1.82, 2.24) is 10.2 Å². The summed E-state index contributed by atoms with van der Waals surface area (Å²) in [5.41, 5.74) is 2.28. The molecule has 0 saturated carbocycles. The number of nitrogens with zero attached hydrogens (tertiary/aromatic N) is 1. The maximum absolute atomic E-state index is 13.1. The standard InChI is InChI=1S/C21H20N2O2/c24-19-21(14-6-12-17-11-4-5-13-18(17)21)22-20(25)23(19)15-7-10-16-8-2-1-3-9-16/h1-5,7-11,13H,6,12,14-15H2,(H,22,25). The first-order chi connectivity index (χ1) is 12.2. The summed E-state index contributed by atoms with van der Waals surface area (Å²) in [4.78, 5) is 26.9. The van der Waals surface area contributed by atoms with Gasteiger partial charge in [-0.3, -0.25) is 9.69 Å². The number of rotatable bonds is 3. The second-order valence-electron chi connectivity index (χ2n) is 6.57. The van der Waals surface area contributed by atoms with Gasteiger partial charge in [0.05, 0.1) is 0 Å². The van der Waals surface area contributed by atoms with Gasteiger partial charge in [-0.15, -0.1) is 0 Å². The van der Waals surface area contributed by atoms with Crippen molar-refractivity contribution in [1.29, 1.82) is 0 Å². The van der Waals surface area contributed by atoms with Crippen molar-refractivity contribution in [3.05, 3.63) is 77.4 Å². The van der Waals surface area contributed by atoms with Crippen LogP contribution in [0.15, 0.2) is 60.7 Å².